The summed E-state index contributed by atoms with van der Waals surface area (Å²) in [5, 5.41) is 2.41. The number of hydrogen-bond donors (Lipinski definition) is 2. The van der Waals surface area contributed by atoms with Crippen molar-refractivity contribution < 1.29 is 19.1 Å². The van der Waals surface area contributed by atoms with Gasteiger partial charge in [-0.1, -0.05) is 12.1 Å². The van der Waals surface area contributed by atoms with Crippen molar-refractivity contribution in [2.75, 3.05) is 19.4 Å². The zero-order valence-corrected chi connectivity index (χ0v) is 10.3. The number of nitrogen functional groups attached to an aromatic ring is 1. The van der Waals surface area contributed by atoms with Crippen molar-refractivity contribution in [2.45, 2.75) is 6.54 Å². The standard InChI is InChI=1S/C12H13N3O4/c1-19-11(17)10-7(3-2-4-8(10)13)6-15-9(16)5-14-12(15)18/h2-4H,5-6,13H2,1H3,(H,14,18). The van der Waals surface area contributed by atoms with Crippen LogP contribution in [0.15, 0.2) is 18.2 Å². The molecule has 2 rings (SSSR count). The second kappa shape index (κ2) is 4.97. The largest absolute Gasteiger partial charge is 0.465 e. The number of benzene rings is 1. The molecule has 1 saturated heterocycles. The van der Waals surface area contributed by atoms with Crippen molar-refractivity contribution >= 4 is 23.6 Å². The van der Waals surface area contributed by atoms with Crippen LogP contribution in [-0.2, 0) is 16.1 Å². The number of hydrogen-bond acceptors (Lipinski definition) is 5. The summed E-state index contributed by atoms with van der Waals surface area (Å²) < 4.78 is 4.65. The van der Waals surface area contributed by atoms with Crippen molar-refractivity contribution in [2.24, 2.45) is 0 Å². The zero-order chi connectivity index (χ0) is 14.0. The van der Waals surface area contributed by atoms with Gasteiger partial charge in [0.25, 0.3) is 0 Å². The van der Waals surface area contributed by atoms with Crippen molar-refractivity contribution in [1.29, 1.82) is 0 Å². The number of nitrogens with two attached hydrogens (primary N) is 1. The van der Waals surface area contributed by atoms with Gasteiger partial charge in [-0.3, -0.25) is 9.69 Å². The Balaban J connectivity index is 2.35. The van der Waals surface area contributed by atoms with Crippen LogP contribution >= 0.6 is 0 Å². The lowest BCUT2D eigenvalue weighted by atomic mass is 10.1. The van der Waals surface area contributed by atoms with Gasteiger partial charge in [-0.15, -0.1) is 0 Å². The molecule has 1 aromatic rings. The fourth-order valence-corrected chi connectivity index (χ4v) is 1.89. The number of methoxy groups -OCH3 is 1. The van der Waals surface area contributed by atoms with Crippen LogP contribution < -0.4 is 11.1 Å². The first-order valence-corrected chi connectivity index (χ1v) is 5.58. The molecular formula is C12H13N3O4. The van der Waals surface area contributed by atoms with Crippen LogP contribution in [0.5, 0.6) is 0 Å². The number of anilines is 1. The number of carbonyl (C=O) groups is 3. The lowest BCUT2D eigenvalue weighted by Gasteiger charge is -2.15. The molecule has 0 unspecified atom stereocenters. The Morgan fingerprint density at radius 2 is 2.21 bits per heavy atom. The van der Waals surface area contributed by atoms with Gasteiger partial charge in [0, 0.05) is 5.69 Å². The monoisotopic (exact) mass is 263 g/mol. The summed E-state index contributed by atoms with van der Waals surface area (Å²) in [7, 11) is 1.24. The highest BCUT2D eigenvalue weighted by atomic mass is 16.5. The molecule has 1 aliphatic heterocycles. The van der Waals surface area contributed by atoms with E-state index in [1.165, 1.54) is 7.11 Å². The number of imide groups is 1. The summed E-state index contributed by atoms with van der Waals surface area (Å²) in [4.78, 5) is 35.7. The van der Waals surface area contributed by atoms with Crippen molar-refractivity contribution in [3.8, 4) is 0 Å². The van der Waals surface area contributed by atoms with E-state index in [4.69, 9.17) is 5.73 Å². The molecule has 1 fully saturated rings. The summed E-state index contributed by atoms with van der Waals surface area (Å²) in [5.41, 5.74) is 6.63. The molecule has 0 saturated carbocycles. The first-order chi connectivity index (χ1) is 9.04. The van der Waals surface area contributed by atoms with Crippen LogP contribution in [0.3, 0.4) is 0 Å². The quantitative estimate of drug-likeness (QED) is 0.457. The summed E-state index contributed by atoms with van der Waals surface area (Å²) >= 11 is 0. The Labute approximate surface area is 109 Å². The van der Waals surface area contributed by atoms with Gasteiger partial charge < -0.3 is 15.8 Å². The van der Waals surface area contributed by atoms with E-state index in [2.05, 4.69) is 10.1 Å². The molecule has 0 radical (unpaired) electrons. The van der Waals surface area contributed by atoms with E-state index in [1.54, 1.807) is 18.2 Å². The number of nitrogens with zero attached hydrogens (tertiary/aromatic N) is 1. The van der Waals surface area contributed by atoms with Gasteiger partial charge in [0.15, 0.2) is 0 Å². The first-order valence-electron chi connectivity index (χ1n) is 5.58. The molecule has 19 heavy (non-hydrogen) atoms. The van der Waals surface area contributed by atoms with Crippen LogP contribution in [-0.4, -0.2) is 36.5 Å². The molecule has 0 bridgehead atoms. The molecule has 7 heteroatoms. The number of urea groups is 1. The lowest BCUT2D eigenvalue weighted by Crippen LogP contribution is -2.31. The molecular weight excluding hydrogens is 250 g/mol. The fraction of sp³-hybridized carbons (Fsp3) is 0.250. The number of nitrogens with one attached hydrogen (secondary N) is 1. The van der Waals surface area contributed by atoms with Crippen LogP contribution in [0, 0.1) is 0 Å². The number of rotatable bonds is 3. The smallest absolute Gasteiger partial charge is 0.340 e. The minimum absolute atomic E-state index is 0.0138. The third kappa shape index (κ3) is 2.35. The highest BCUT2D eigenvalue weighted by Gasteiger charge is 2.30. The highest BCUT2D eigenvalue weighted by Crippen LogP contribution is 2.20. The van der Waals surface area contributed by atoms with E-state index >= 15 is 0 Å². The molecule has 1 aromatic carbocycles. The minimum Gasteiger partial charge on any atom is -0.465 e. The maximum Gasteiger partial charge on any atom is 0.340 e. The van der Waals surface area contributed by atoms with Gasteiger partial charge in [-0.2, -0.15) is 0 Å². The van der Waals surface area contributed by atoms with Gasteiger partial charge in [0.2, 0.25) is 5.91 Å². The van der Waals surface area contributed by atoms with E-state index in [-0.39, 0.29) is 30.2 Å². The maximum atomic E-state index is 11.7. The second-order valence-electron chi connectivity index (χ2n) is 4.01. The highest BCUT2D eigenvalue weighted by molar-refractivity contribution is 6.02. The van der Waals surface area contributed by atoms with Crippen LogP contribution in [0.1, 0.15) is 15.9 Å². The SMILES string of the molecule is COC(=O)c1c(N)cccc1CN1C(=O)CNC1=O. The maximum absolute atomic E-state index is 11.7. The van der Waals surface area contributed by atoms with Gasteiger partial charge in [-0.05, 0) is 11.6 Å². The summed E-state index contributed by atoms with van der Waals surface area (Å²) in [6.07, 6.45) is 0. The number of esters is 1. The average Bonchev–Trinajstić information content (AvgIpc) is 2.70. The van der Waals surface area contributed by atoms with E-state index in [0.29, 0.717) is 5.56 Å². The van der Waals surface area contributed by atoms with Gasteiger partial charge in [-0.25, -0.2) is 9.59 Å². The number of amides is 3. The third-order valence-corrected chi connectivity index (χ3v) is 2.84. The predicted octanol–water partition coefficient (Wildman–Crippen LogP) is 0.107. The van der Waals surface area contributed by atoms with Crippen molar-refractivity contribution in [3.63, 3.8) is 0 Å². The van der Waals surface area contributed by atoms with Gasteiger partial charge in [0.1, 0.15) is 0 Å². The zero-order valence-electron chi connectivity index (χ0n) is 10.3. The van der Waals surface area contributed by atoms with Crippen LogP contribution in [0.2, 0.25) is 0 Å². The molecule has 0 spiro atoms. The minimum atomic E-state index is -0.597. The van der Waals surface area contributed by atoms with Crippen molar-refractivity contribution in [3.05, 3.63) is 29.3 Å². The number of carbonyl (C=O) groups excluding carboxylic acids is 3. The summed E-state index contributed by atoms with van der Waals surface area (Å²) in [6.45, 7) is -0.0468. The molecule has 100 valence electrons. The van der Waals surface area contributed by atoms with Gasteiger partial charge >= 0.3 is 12.0 Å². The molecule has 3 amide bonds. The lowest BCUT2D eigenvalue weighted by molar-refractivity contribution is -0.125. The summed E-state index contributed by atoms with van der Waals surface area (Å²) in [5.74, 6) is -0.941. The molecule has 0 aliphatic carbocycles. The Morgan fingerprint density at radius 3 is 2.79 bits per heavy atom. The predicted molar refractivity (Wildman–Crippen MR) is 66.1 cm³/mol. The Hall–Kier alpha value is -2.57. The topological polar surface area (TPSA) is 102 Å². The first kappa shape index (κ1) is 12.9. The fourth-order valence-electron chi connectivity index (χ4n) is 1.89. The molecule has 1 heterocycles. The molecule has 1 aliphatic rings. The average molecular weight is 263 g/mol. The van der Waals surface area contributed by atoms with E-state index < -0.39 is 12.0 Å². The Kier molecular flexibility index (Phi) is 3.37. The normalized spacial score (nSPS) is 14.5. The third-order valence-electron chi connectivity index (χ3n) is 2.84. The van der Waals surface area contributed by atoms with Crippen LogP contribution in [0.4, 0.5) is 10.5 Å². The second-order valence-corrected chi connectivity index (χ2v) is 4.01. The van der Waals surface area contributed by atoms with E-state index in [0.717, 1.165) is 4.90 Å². The van der Waals surface area contributed by atoms with Crippen molar-refractivity contribution in [1.82, 2.24) is 10.2 Å². The Morgan fingerprint density at radius 1 is 1.47 bits per heavy atom. The molecule has 3 N–H and O–H groups in total. The molecule has 0 aromatic heterocycles. The summed E-state index contributed by atoms with van der Waals surface area (Å²) in [6, 6.07) is 4.35. The van der Waals surface area contributed by atoms with Crippen LogP contribution in [0.25, 0.3) is 0 Å². The van der Waals surface area contributed by atoms with E-state index in [9.17, 15) is 14.4 Å². The molecule has 7 nitrogen and oxygen atoms in total. The molecule has 0 atom stereocenters. The van der Waals surface area contributed by atoms with E-state index in [1.807, 2.05) is 0 Å². The van der Waals surface area contributed by atoms with Gasteiger partial charge in [0.05, 0.1) is 25.8 Å². The Bertz CT molecular complexity index is 540. The number of ether oxygens (including phenoxy) is 1.